The molecule has 0 bridgehead atoms. The molecule has 126 valence electrons. The number of nitrogens with one attached hydrogen (secondary N) is 2. The van der Waals surface area contributed by atoms with Gasteiger partial charge in [-0.15, -0.1) is 0 Å². The van der Waals surface area contributed by atoms with Gasteiger partial charge < -0.3 is 25.0 Å². The van der Waals surface area contributed by atoms with Crippen LogP contribution in [0.1, 0.15) is 18.4 Å². The first-order valence-corrected chi connectivity index (χ1v) is 8.20. The topological polar surface area (TPSA) is 62.8 Å². The molecule has 6 heteroatoms. The van der Waals surface area contributed by atoms with Crippen LogP contribution >= 0.6 is 0 Å². The smallest absolute Gasteiger partial charge is 0.315 e. The molecular formula is C17H25N3O3. The van der Waals surface area contributed by atoms with Crippen LogP contribution in [0.25, 0.3) is 0 Å². The first-order valence-electron chi connectivity index (χ1n) is 8.20. The Bertz CT molecular complexity index is 564. The van der Waals surface area contributed by atoms with E-state index in [1.807, 2.05) is 18.2 Å². The van der Waals surface area contributed by atoms with Gasteiger partial charge in [0.05, 0.1) is 13.2 Å². The SMILES string of the molecule is COc1cccc2c1OCC(NC(=O)NCC1CCCN1C)C2. The Kier molecular flexibility index (Phi) is 4.91. The molecule has 0 aromatic heterocycles. The van der Waals surface area contributed by atoms with Crippen LogP contribution < -0.4 is 20.1 Å². The van der Waals surface area contributed by atoms with Gasteiger partial charge in [0.25, 0.3) is 0 Å². The van der Waals surface area contributed by atoms with Crippen molar-refractivity contribution in [1.82, 2.24) is 15.5 Å². The van der Waals surface area contributed by atoms with Gasteiger partial charge in [0.1, 0.15) is 6.61 Å². The second kappa shape index (κ2) is 7.08. The lowest BCUT2D eigenvalue weighted by molar-refractivity contribution is 0.207. The second-order valence-corrected chi connectivity index (χ2v) is 6.29. The third kappa shape index (κ3) is 3.69. The summed E-state index contributed by atoms with van der Waals surface area (Å²) in [5, 5.41) is 5.98. The molecule has 2 heterocycles. The maximum absolute atomic E-state index is 12.1. The van der Waals surface area contributed by atoms with Crippen molar-refractivity contribution in [1.29, 1.82) is 0 Å². The van der Waals surface area contributed by atoms with Gasteiger partial charge in [0, 0.05) is 18.2 Å². The van der Waals surface area contributed by atoms with Crippen LogP contribution in [0.4, 0.5) is 4.79 Å². The van der Waals surface area contributed by atoms with E-state index in [1.165, 1.54) is 6.42 Å². The third-order valence-corrected chi connectivity index (χ3v) is 4.68. The van der Waals surface area contributed by atoms with Gasteiger partial charge in [0.2, 0.25) is 0 Å². The van der Waals surface area contributed by atoms with Gasteiger partial charge in [-0.05, 0) is 38.9 Å². The lowest BCUT2D eigenvalue weighted by Crippen LogP contribution is -2.49. The highest BCUT2D eigenvalue weighted by atomic mass is 16.5. The molecule has 6 nitrogen and oxygen atoms in total. The summed E-state index contributed by atoms with van der Waals surface area (Å²) in [6, 6.07) is 6.16. The summed E-state index contributed by atoms with van der Waals surface area (Å²) in [4.78, 5) is 14.4. The zero-order valence-electron chi connectivity index (χ0n) is 13.8. The molecule has 1 fully saturated rings. The van der Waals surface area contributed by atoms with Crippen LogP contribution in [-0.4, -0.2) is 56.9 Å². The van der Waals surface area contributed by atoms with Crippen LogP contribution in [0.15, 0.2) is 18.2 Å². The number of hydrogen-bond donors (Lipinski definition) is 2. The molecule has 2 amide bonds. The summed E-state index contributed by atoms with van der Waals surface area (Å²) in [7, 11) is 3.74. The number of nitrogens with zero attached hydrogens (tertiary/aromatic N) is 1. The monoisotopic (exact) mass is 319 g/mol. The number of benzene rings is 1. The molecule has 2 aliphatic rings. The molecule has 0 spiro atoms. The number of para-hydroxylation sites is 1. The number of urea groups is 1. The summed E-state index contributed by atoms with van der Waals surface area (Å²) >= 11 is 0. The Morgan fingerprint density at radius 3 is 3.09 bits per heavy atom. The number of likely N-dealkylation sites (N-methyl/N-ethyl adjacent to an activating group) is 1. The fourth-order valence-electron chi connectivity index (χ4n) is 3.33. The molecule has 3 rings (SSSR count). The average Bonchev–Trinajstić information content (AvgIpc) is 2.97. The molecule has 0 aliphatic carbocycles. The maximum atomic E-state index is 12.1. The van der Waals surface area contributed by atoms with Gasteiger partial charge in [-0.1, -0.05) is 12.1 Å². The van der Waals surface area contributed by atoms with Gasteiger partial charge in [0.15, 0.2) is 11.5 Å². The number of amides is 2. The summed E-state index contributed by atoms with van der Waals surface area (Å²) < 4.78 is 11.1. The molecule has 23 heavy (non-hydrogen) atoms. The number of carbonyl (C=O) groups is 1. The molecule has 2 unspecified atom stereocenters. The Morgan fingerprint density at radius 2 is 2.35 bits per heavy atom. The molecule has 2 atom stereocenters. The zero-order valence-corrected chi connectivity index (χ0v) is 13.8. The summed E-state index contributed by atoms with van der Waals surface area (Å²) in [5.74, 6) is 1.54. The molecule has 1 saturated heterocycles. The minimum atomic E-state index is -0.120. The predicted molar refractivity (Wildman–Crippen MR) is 88.2 cm³/mol. The highest BCUT2D eigenvalue weighted by molar-refractivity contribution is 5.74. The quantitative estimate of drug-likeness (QED) is 0.880. The minimum Gasteiger partial charge on any atom is -0.493 e. The van der Waals surface area contributed by atoms with E-state index in [4.69, 9.17) is 9.47 Å². The van der Waals surface area contributed by atoms with Gasteiger partial charge in [-0.25, -0.2) is 4.79 Å². The van der Waals surface area contributed by atoms with E-state index in [-0.39, 0.29) is 12.1 Å². The highest BCUT2D eigenvalue weighted by Gasteiger charge is 2.25. The second-order valence-electron chi connectivity index (χ2n) is 6.29. The van der Waals surface area contributed by atoms with E-state index in [0.717, 1.165) is 36.4 Å². The van der Waals surface area contributed by atoms with Crippen LogP contribution in [0.2, 0.25) is 0 Å². The van der Waals surface area contributed by atoms with E-state index in [9.17, 15) is 4.79 Å². The van der Waals surface area contributed by atoms with Gasteiger partial charge in [-0.3, -0.25) is 0 Å². The number of ether oxygens (including phenoxy) is 2. The largest absolute Gasteiger partial charge is 0.493 e. The van der Waals surface area contributed by atoms with Crippen molar-refractivity contribution in [2.24, 2.45) is 0 Å². The number of rotatable bonds is 4. The van der Waals surface area contributed by atoms with Crippen LogP contribution in [0.3, 0.4) is 0 Å². The predicted octanol–water partition coefficient (Wildman–Crippen LogP) is 1.39. The zero-order chi connectivity index (χ0) is 16.2. The van der Waals surface area contributed by atoms with Crippen LogP contribution in [-0.2, 0) is 6.42 Å². The minimum absolute atomic E-state index is 0.0177. The number of methoxy groups -OCH3 is 1. The van der Waals surface area contributed by atoms with E-state index in [0.29, 0.717) is 19.2 Å². The molecular weight excluding hydrogens is 294 g/mol. The Morgan fingerprint density at radius 1 is 1.48 bits per heavy atom. The lowest BCUT2D eigenvalue weighted by atomic mass is 10.0. The number of likely N-dealkylation sites (tertiary alicyclic amines) is 1. The molecule has 1 aromatic carbocycles. The fraction of sp³-hybridized carbons (Fsp3) is 0.588. The van der Waals surface area contributed by atoms with Crippen LogP contribution in [0, 0.1) is 0 Å². The van der Waals surface area contributed by atoms with Crippen molar-refractivity contribution in [3.63, 3.8) is 0 Å². The van der Waals surface area contributed by atoms with Crippen molar-refractivity contribution in [3.8, 4) is 11.5 Å². The summed E-state index contributed by atoms with van der Waals surface area (Å²) in [6.07, 6.45) is 3.11. The third-order valence-electron chi connectivity index (χ3n) is 4.68. The molecule has 2 N–H and O–H groups in total. The van der Waals surface area contributed by atoms with Gasteiger partial charge >= 0.3 is 6.03 Å². The van der Waals surface area contributed by atoms with Crippen molar-refractivity contribution < 1.29 is 14.3 Å². The van der Waals surface area contributed by atoms with E-state index >= 15 is 0 Å². The average molecular weight is 319 g/mol. The number of hydrogen-bond acceptors (Lipinski definition) is 4. The molecule has 1 aromatic rings. The normalized spacial score (nSPS) is 23.7. The van der Waals surface area contributed by atoms with Crippen molar-refractivity contribution in [2.45, 2.75) is 31.3 Å². The molecule has 0 radical (unpaired) electrons. The van der Waals surface area contributed by atoms with E-state index in [2.05, 4.69) is 22.6 Å². The fourth-order valence-corrected chi connectivity index (χ4v) is 3.33. The van der Waals surface area contributed by atoms with E-state index < -0.39 is 0 Å². The molecule has 2 aliphatic heterocycles. The van der Waals surface area contributed by atoms with E-state index in [1.54, 1.807) is 7.11 Å². The highest BCUT2D eigenvalue weighted by Crippen LogP contribution is 2.34. The maximum Gasteiger partial charge on any atom is 0.315 e. The van der Waals surface area contributed by atoms with Gasteiger partial charge in [-0.2, -0.15) is 0 Å². The van der Waals surface area contributed by atoms with Crippen molar-refractivity contribution in [2.75, 3.05) is 33.9 Å². The first-order chi connectivity index (χ1) is 11.2. The summed E-state index contributed by atoms with van der Waals surface area (Å²) in [6.45, 7) is 2.27. The number of carbonyl (C=O) groups excluding carboxylic acids is 1. The summed E-state index contributed by atoms with van der Waals surface area (Å²) in [5.41, 5.74) is 1.07. The first kappa shape index (κ1) is 15.9. The standard InChI is InChI=1S/C17H25N3O3/c1-20-8-4-6-14(20)10-18-17(21)19-13-9-12-5-3-7-15(22-2)16(12)23-11-13/h3,5,7,13-14H,4,6,8-11H2,1-2H3,(H2,18,19,21). The lowest BCUT2D eigenvalue weighted by Gasteiger charge is -2.27. The molecule has 0 saturated carbocycles. The van der Waals surface area contributed by atoms with Crippen LogP contribution in [0.5, 0.6) is 11.5 Å². The van der Waals surface area contributed by atoms with Crippen molar-refractivity contribution >= 4 is 6.03 Å². The number of fused-ring (bicyclic) bond motifs is 1. The Hall–Kier alpha value is -1.95. The van der Waals surface area contributed by atoms with Crippen molar-refractivity contribution in [3.05, 3.63) is 23.8 Å². The Labute approximate surface area is 137 Å². The Balaban J connectivity index is 1.50.